The van der Waals surface area contributed by atoms with Crippen molar-refractivity contribution in [3.05, 3.63) is 39.0 Å². The van der Waals surface area contributed by atoms with Crippen molar-refractivity contribution in [3.63, 3.8) is 0 Å². The molecule has 2 aromatic heterocycles. The van der Waals surface area contributed by atoms with E-state index in [0.717, 1.165) is 51.7 Å². The van der Waals surface area contributed by atoms with E-state index in [1.807, 2.05) is 6.07 Å². The van der Waals surface area contributed by atoms with Crippen LogP contribution in [0.2, 0.25) is 0 Å². The van der Waals surface area contributed by atoms with Gasteiger partial charge in [-0.2, -0.15) is 4.99 Å². The van der Waals surface area contributed by atoms with E-state index in [-0.39, 0.29) is 24.0 Å². The highest BCUT2D eigenvalue weighted by Gasteiger charge is 2.29. The van der Waals surface area contributed by atoms with E-state index in [2.05, 4.69) is 17.2 Å². The molecule has 4 rings (SSSR count). The Bertz CT molecular complexity index is 1490. The van der Waals surface area contributed by atoms with Crippen LogP contribution < -0.4 is 14.9 Å². The van der Waals surface area contributed by atoms with E-state index in [1.54, 1.807) is 23.8 Å². The summed E-state index contributed by atoms with van der Waals surface area (Å²) in [6.07, 6.45) is 2.62. The number of thiophene rings is 1. The van der Waals surface area contributed by atoms with Gasteiger partial charge in [0, 0.05) is 4.88 Å². The number of thioether (sulfide) groups is 1. The van der Waals surface area contributed by atoms with Crippen LogP contribution in [-0.2, 0) is 43.2 Å². The van der Waals surface area contributed by atoms with Crippen molar-refractivity contribution in [2.24, 2.45) is 10.9 Å². The first-order chi connectivity index (χ1) is 18.7. The molecule has 1 aliphatic rings. The van der Waals surface area contributed by atoms with Crippen molar-refractivity contribution in [1.82, 2.24) is 4.57 Å². The number of esters is 2. The number of nitrogens with zero attached hydrogens (tertiary/aromatic N) is 2. The van der Waals surface area contributed by atoms with E-state index in [9.17, 15) is 19.2 Å². The SMILES string of the molecule is COC(=O)Cn1c(=NC(=O)CSCC(=O)Nc2sc3c(c2C(=O)OC)CCC(C)C3)sc2cc(OC)ccc21. The van der Waals surface area contributed by atoms with Crippen molar-refractivity contribution in [2.75, 3.05) is 38.2 Å². The first-order valence-electron chi connectivity index (χ1n) is 12.2. The molecule has 208 valence electrons. The third kappa shape index (κ3) is 6.71. The molecular formula is C26H29N3O7S3. The van der Waals surface area contributed by atoms with Gasteiger partial charge in [-0.1, -0.05) is 18.3 Å². The van der Waals surface area contributed by atoms with Crippen molar-refractivity contribution in [2.45, 2.75) is 32.7 Å². The van der Waals surface area contributed by atoms with Gasteiger partial charge in [0.1, 0.15) is 17.3 Å². The Balaban J connectivity index is 1.44. The molecule has 1 N–H and O–H groups in total. The number of methoxy groups -OCH3 is 3. The molecule has 0 fully saturated rings. The van der Waals surface area contributed by atoms with Gasteiger partial charge < -0.3 is 24.1 Å². The zero-order chi connectivity index (χ0) is 28.1. The number of hydrogen-bond donors (Lipinski definition) is 1. The second-order valence-corrected chi connectivity index (χ2v) is 12.1. The average Bonchev–Trinajstić information content (AvgIpc) is 3.43. The van der Waals surface area contributed by atoms with Crippen LogP contribution in [0.5, 0.6) is 5.75 Å². The minimum absolute atomic E-state index is 0.00657. The first-order valence-corrected chi connectivity index (χ1v) is 14.9. The predicted molar refractivity (Wildman–Crippen MR) is 152 cm³/mol. The maximum absolute atomic E-state index is 12.7. The van der Waals surface area contributed by atoms with Gasteiger partial charge in [0.05, 0.1) is 48.6 Å². The normalized spacial score (nSPS) is 15.1. The summed E-state index contributed by atoms with van der Waals surface area (Å²) in [5, 5.41) is 3.33. The number of rotatable bonds is 9. The van der Waals surface area contributed by atoms with E-state index in [0.29, 0.717) is 27.0 Å². The summed E-state index contributed by atoms with van der Waals surface area (Å²) in [4.78, 5) is 55.5. The second kappa shape index (κ2) is 12.8. The largest absolute Gasteiger partial charge is 0.497 e. The summed E-state index contributed by atoms with van der Waals surface area (Å²) in [6, 6.07) is 5.36. The van der Waals surface area contributed by atoms with Crippen LogP contribution in [0.3, 0.4) is 0 Å². The third-order valence-electron chi connectivity index (χ3n) is 6.24. The quantitative estimate of drug-likeness (QED) is 0.374. The highest BCUT2D eigenvalue weighted by molar-refractivity contribution is 8.00. The Morgan fingerprint density at radius 2 is 1.92 bits per heavy atom. The van der Waals surface area contributed by atoms with Crippen LogP contribution in [0.1, 0.15) is 34.1 Å². The van der Waals surface area contributed by atoms with E-state index >= 15 is 0 Å². The number of nitrogens with one attached hydrogen (secondary N) is 1. The van der Waals surface area contributed by atoms with Crippen LogP contribution in [0.4, 0.5) is 5.00 Å². The molecule has 0 aliphatic heterocycles. The van der Waals surface area contributed by atoms with Crippen LogP contribution in [0, 0.1) is 5.92 Å². The first kappa shape index (κ1) is 28.8. The molecule has 0 saturated carbocycles. The molecule has 2 amide bonds. The zero-order valence-corrected chi connectivity index (χ0v) is 24.5. The molecule has 13 heteroatoms. The smallest absolute Gasteiger partial charge is 0.341 e. The zero-order valence-electron chi connectivity index (χ0n) is 22.0. The Kier molecular flexibility index (Phi) is 9.46. The number of aromatic nitrogens is 1. The van der Waals surface area contributed by atoms with E-state index < -0.39 is 17.8 Å². The summed E-state index contributed by atoms with van der Waals surface area (Å²) < 4.78 is 17.5. The fraction of sp³-hybridized carbons (Fsp3) is 0.423. The molecule has 0 saturated heterocycles. The fourth-order valence-electron chi connectivity index (χ4n) is 4.30. The molecule has 0 bridgehead atoms. The Labute approximate surface area is 237 Å². The van der Waals surface area contributed by atoms with E-state index in [4.69, 9.17) is 14.2 Å². The molecule has 1 aromatic carbocycles. The molecule has 3 aromatic rings. The van der Waals surface area contributed by atoms with Crippen molar-refractivity contribution < 1.29 is 33.4 Å². The molecule has 0 radical (unpaired) electrons. The van der Waals surface area contributed by atoms with Crippen molar-refractivity contribution in [1.29, 1.82) is 0 Å². The number of thiazole rings is 1. The van der Waals surface area contributed by atoms with Gasteiger partial charge in [-0.3, -0.25) is 14.4 Å². The average molecular weight is 592 g/mol. The van der Waals surface area contributed by atoms with Gasteiger partial charge in [0.2, 0.25) is 5.91 Å². The monoisotopic (exact) mass is 591 g/mol. The standard InChI is InChI=1S/C26H29N3O7S3/c1-14-5-7-16-18(9-14)38-24(23(16)25(33)36-4)27-20(30)12-37-13-21(31)28-26-29(11-22(32)35-3)17-8-6-15(34-2)10-19(17)39-26/h6,8,10,14H,5,7,9,11-13H2,1-4H3,(H,27,30). The maximum atomic E-state index is 12.7. The second-order valence-electron chi connectivity index (χ2n) is 8.97. The minimum atomic E-state index is -0.471. The number of benzene rings is 1. The molecule has 0 spiro atoms. The van der Waals surface area contributed by atoms with Gasteiger partial charge in [0.25, 0.3) is 5.91 Å². The van der Waals surface area contributed by atoms with Gasteiger partial charge >= 0.3 is 11.9 Å². The number of fused-ring (bicyclic) bond motifs is 2. The van der Waals surface area contributed by atoms with Crippen LogP contribution in [-0.4, -0.2) is 61.2 Å². The molecular weight excluding hydrogens is 563 g/mol. The molecule has 10 nitrogen and oxygen atoms in total. The number of hydrogen-bond acceptors (Lipinski definition) is 10. The molecule has 1 atom stereocenters. The predicted octanol–water partition coefficient (Wildman–Crippen LogP) is 3.66. The number of carbonyl (C=O) groups excluding carboxylic acids is 4. The summed E-state index contributed by atoms with van der Waals surface area (Å²) >= 11 is 3.79. The van der Waals surface area contributed by atoms with Crippen molar-refractivity contribution in [3.8, 4) is 5.75 Å². The number of ether oxygens (including phenoxy) is 3. The van der Waals surface area contributed by atoms with Crippen LogP contribution >= 0.6 is 34.4 Å². The highest BCUT2D eigenvalue weighted by Crippen LogP contribution is 2.40. The summed E-state index contributed by atoms with van der Waals surface area (Å²) in [5.74, 6) is -0.561. The summed E-state index contributed by atoms with van der Waals surface area (Å²) in [6.45, 7) is 2.07. The number of anilines is 1. The topological polar surface area (TPSA) is 125 Å². The molecule has 2 heterocycles. The van der Waals surface area contributed by atoms with Crippen molar-refractivity contribution >= 4 is 73.4 Å². The fourth-order valence-corrected chi connectivity index (χ4v) is 7.39. The Morgan fingerprint density at radius 1 is 1.13 bits per heavy atom. The lowest BCUT2D eigenvalue weighted by Gasteiger charge is -2.18. The van der Waals surface area contributed by atoms with Crippen LogP contribution in [0.25, 0.3) is 10.2 Å². The van der Waals surface area contributed by atoms with Gasteiger partial charge in [-0.25, -0.2) is 4.79 Å². The van der Waals surface area contributed by atoms with Gasteiger partial charge in [0.15, 0.2) is 4.80 Å². The summed E-state index contributed by atoms with van der Waals surface area (Å²) in [7, 11) is 4.18. The lowest BCUT2D eigenvalue weighted by molar-refractivity contribution is -0.141. The Morgan fingerprint density at radius 3 is 2.64 bits per heavy atom. The van der Waals surface area contributed by atoms with Gasteiger partial charge in [-0.05, 0) is 48.9 Å². The minimum Gasteiger partial charge on any atom is -0.497 e. The lowest BCUT2D eigenvalue weighted by atomic mass is 9.88. The number of amides is 2. The van der Waals surface area contributed by atoms with E-state index in [1.165, 1.54) is 36.9 Å². The number of carbonyl (C=O) groups is 4. The lowest BCUT2D eigenvalue weighted by Crippen LogP contribution is -2.23. The maximum Gasteiger partial charge on any atom is 0.341 e. The molecule has 1 unspecified atom stereocenters. The third-order valence-corrected chi connectivity index (χ3v) is 9.37. The Hall–Kier alpha value is -3.16. The summed E-state index contributed by atoms with van der Waals surface area (Å²) in [5.41, 5.74) is 2.12. The molecule has 39 heavy (non-hydrogen) atoms. The van der Waals surface area contributed by atoms with Gasteiger partial charge in [-0.15, -0.1) is 23.1 Å². The van der Waals surface area contributed by atoms with Crippen LogP contribution in [0.15, 0.2) is 23.2 Å². The highest BCUT2D eigenvalue weighted by atomic mass is 32.2. The molecule has 1 aliphatic carbocycles.